The number of rotatable bonds is 13. The predicted octanol–water partition coefficient (Wildman–Crippen LogP) is 13.3. The fourth-order valence-electron chi connectivity index (χ4n) is 7.83. The van der Waals surface area contributed by atoms with E-state index in [1.165, 1.54) is 57.8 Å². The van der Waals surface area contributed by atoms with Crippen molar-refractivity contribution in [2.75, 3.05) is 0 Å². The lowest BCUT2D eigenvalue weighted by molar-refractivity contribution is 0.189. The molecule has 0 aromatic heterocycles. The molecule has 0 N–H and O–H groups in total. The van der Waals surface area contributed by atoms with Gasteiger partial charge in [-0.25, -0.2) is 17.6 Å². The Kier molecular flexibility index (Phi) is 12.0. The summed E-state index contributed by atoms with van der Waals surface area (Å²) in [6.07, 6.45) is 19.9. The molecule has 45 heavy (non-hydrogen) atoms. The smallest absolute Gasteiger partial charge is 0.167 e. The Morgan fingerprint density at radius 1 is 0.556 bits per heavy atom. The van der Waals surface area contributed by atoms with E-state index in [4.69, 9.17) is 0 Å². The maximum Gasteiger partial charge on any atom is 0.167 e. The summed E-state index contributed by atoms with van der Waals surface area (Å²) in [5.41, 5.74) is 3.00. The van der Waals surface area contributed by atoms with Crippen LogP contribution in [0.4, 0.5) is 17.6 Å². The minimum atomic E-state index is -0.867. The van der Waals surface area contributed by atoms with E-state index in [0.717, 1.165) is 55.9 Å². The highest BCUT2D eigenvalue weighted by molar-refractivity contribution is 5.74. The molecule has 0 saturated heterocycles. The van der Waals surface area contributed by atoms with Crippen molar-refractivity contribution in [2.45, 2.75) is 117 Å². The van der Waals surface area contributed by atoms with Crippen LogP contribution in [0.2, 0.25) is 0 Å². The van der Waals surface area contributed by atoms with Crippen molar-refractivity contribution in [3.05, 3.63) is 89.0 Å². The standard InChI is InChI=1S/C41H50F4/c1-3-5-6-7-8-9-11-34-24-25-35(39(43)38(34)42)32-20-22-33(23-21-32)37-27-26-36(40(44)41(37)45)31-18-16-30(17-19-31)29-14-12-28(10-4-2)13-15-29/h18,20-30H,3-17,19H2,1-2H3. The molecule has 0 bridgehead atoms. The van der Waals surface area contributed by atoms with Gasteiger partial charge in [-0.2, -0.15) is 0 Å². The van der Waals surface area contributed by atoms with Crippen LogP contribution in [0.25, 0.3) is 27.8 Å². The number of unbranched alkanes of at least 4 members (excludes halogenated alkanes) is 5. The van der Waals surface area contributed by atoms with Gasteiger partial charge in [0.25, 0.3) is 0 Å². The van der Waals surface area contributed by atoms with Crippen LogP contribution in [0.3, 0.4) is 0 Å². The molecule has 3 aromatic rings. The Labute approximate surface area is 268 Å². The van der Waals surface area contributed by atoms with Crippen LogP contribution in [0, 0.1) is 41.0 Å². The fraction of sp³-hybridized carbons (Fsp3) is 0.512. The summed E-state index contributed by atoms with van der Waals surface area (Å²) in [4.78, 5) is 0. The Morgan fingerprint density at radius 2 is 1.13 bits per heavy atom. The van der Waals surface area contributed by atoms with Gasteiger partial charge in [-0.3, -0.25) is 0 Å². The van der Waals surface area contributed by atoms with Gasteiger partial charge in [-0.05, 0) is 85.0 Å². The highest BCUT2D eigenvalue weighted by Gasteiger charge is 2.29. The van der Waals surface area contributed by atoms with E-state index in [9.17, 15) is 4.39 Å². The zero-order valence-electron chi connectivity index (χ0n) is 27.3. The van der Waals surface area contributed by atoms with Gasteiger partial charge < -0.3 is 0 Å². The van der Waals surface area contributed by atoms with Crippen molar-refractivity contribution in [1.29, 1.82) is 0 Å². The molecule has 242 valence electrons. The van der Waals surface area contributed by atoms with Crippen molar-refractivity contribution in [3.8, 4) is 22.3 Å². The third kappa shape index (κ3) is 8.10. The van der Waals surface area contributed by atoms with E-state index in [2.05, 4.69) is 19.9 Å². The second-order valence-corrected chi connectivity index (χ2v) is 13.6. The molecule has 3 aromatic carbocycles. The first-order chi connectivity index (χ1) is 21.9. The summed E-state index contributed by atoms with van der Waals surface area (Å²) in [6.45, 7) is 4.44. The number of halogens is 4. The van der Waals surface area contributed by atoms with E-state index < -0.39 is 23.3 Å². The average Bonchev–Trinajstić information content (AvgIpc) is 3.07. The molecular formula is C41H50F4. The molecule has 0 amide bonds. The number of allylic oxidation sites excluding steroid dienone is 2. The van der Waals surface area contributed by atoms with Crippen LogP contribution in [0.1, 0.15) is 121 Å². The number of aryl methyl sites for hydroxylation is 1. The Balaban J connectivity index is 1.22. The fourth-order valence-corrected chi connectivity index (χ4v) is 7.83. The molecular weight excluding hydrogens is 568 g/mol. The van der Waals surface area contributed by atoms with Gasteiger partial charge in [0.2, 0.25) is 0 Å². The third-order valence-electron chi connectivity index (χ3n) is 10.6. The van der Waals surface area contributed by atoms with Gasteiger partial charge in [0.15, 0.2) is 23.3 Å². The average molecular weight is 619 g/mol. The largest absolute Gasteiger partial charge is 0.203 e. The number of hydrogen-bond donors (Lipinski definition) is 0. The molecule has 0 heterocycles. The van der Waals surface area contributed by atoms with E-state index in [1.807, 2.05) is 0 Å². The highest BCUT2D eigenvalue weighted by atomic mass is 19.2. The predicted molar refractivity (Wildman–Crippen MR) is 180 cm³/mol. The molecule has 1 saturated carbocycles. The zero-order valence-corrected chi connectivity index (χ0v) is 27.3. The molecule has 0 spiro atoms. The van der Waals surface area contributed by atoms with Crippen molar-refractivity contribution < 1.29 is 17.6 Å². The van der Waals surface area contributed by atoms with Crippen molar-refractivity contribution >= 4 is 5.57 Å². The van der Waals surface area contributed by atoms with Crippen LogP contribution in [0.15, 0.2) is 54.6 Å². The maximum absolute atomic E-state index is 15.4. The molecule has 0 radical (unpaired) electrons. The first-order valence-electron chi connectivity index (χ1n) is 17.7. The quantitative estimate of drug-likeness (QED) is 0.132. The summed E-state index contributed by atoms with van der Waals surface area (Å²) in [5, 5.41) is 0. The van der Waals surface area contributed by atoms with Crippen molar-refractivity contribution in [2.24, 2.45) is 17.8 Å². The molecule has 1 atom stereocenters. The van der Waals surface area contributed by atoms with Gasteiger partial charge >= 0.3 is 0 Å². The topological polar surface area (TPSA) is 0 Å². The van der Waals surface area contributed by atoms with E-state index in [0.29, 0.717) is 34.6 Å². The van der Waals surface area contributed by atoms with Gasteiger partial charge in [0.1, 0.15) is 0 Å². The molecule has 2 aliphatic carbocycles. The Bertz CT molecular complexity index is 1430. The Morgan fingerprint density at radius 3 is 1.76 bits per heavy atom. The van der Waals surface area contributed by atoms with E-state index in [1.54, 1.807) is 48.5 Å². The lowest BCUT2D eigenvalue weighted by Crippen LogP contribution is -2.23. The minimum absolute atomic E-state index is 0.168. The van der Waals surface area contributed by atoms with Crippen LogP contribution in [-0.4, -0.2) is 0 Å². The SMILES string of the molecule is CCCCCCCCc1ccc(-c2ccc(-c3ccc(C4=CCC(C5CCC(CCC)CC5)CC4)c(F)c3F)cc2)c(F)c1F. The van der Waals surface area contributed by atoms with Crippen LogP contribution in [0.5, 0.6) is 0 Å². The summed E-state index contributed by atoms with van der Waals surface area (Å²) in [7, 11) is 0. The second kappa shape index (κ2) is 16.1. The monoisotopic (exact) mass is 618 g/mol. The first-order valence-corrected chi connectivity index (χ1v) is 17.7. The van der Waals surface area contributed by atoms with Crippen molar-refractivity contribution in [3.63, 3.8) is 0 Å². The summed E-state index contributed by atoms with van der Waals surface area (Å²) >= 11 is 0. The minimum Gasteiger partial charge on any atom is -0.203 e. The number of hydrogen-bond acceptors (Lipinski definition) is 0. The van der Waals surface area contributed by atoms with E-state index >= 15 is 13.2 Å². The van der Waals surface area contributed by atoms with Crippen LogP contribution >= 0.6 is 0 Å². The van der Waals surface area contributed by atoms with Crippen LogP contribution in [-0.2, 0) is 6.42 Å². The molecule has 4 heteroatoms. The van der Waals surface area contributed by atoms with E-state index in [-0.39, 0.29) is 11.1 Å². The molecule has 2 aliphatic rings. The van der Waals surface area contributed by atoms with Gasteiger partial charge in [-0.15, -0.1) is 0 Å². The highest BCUT2D eigenvalue weighted by Crippen LogP contribution is 2.43. The third-order valence-corrected chi connectivity index (χ3v) is 10.6. The zero-order chi connectivity index (χ0) is 31.8. The second-order valence-electron chi connectivity index (χ2n) is 13.6. The van der Waals surface area contributed by atoms with Gasteiger partial charge in [-0.1, -0.05) is 126 Å². The maximum atomic E-state index is 15.4. The number of benzene rings is 3. The summed E-state index contributed by atoms with van der Waals surface area (Å²) in [6, 6.07) is 13.2. The van der Waals surface area contributed by atoms with Gasteiger partial charge in [0.05, 0.1) is 0 Å². The molecule has 0 aliphatic heterocycles. The molecule has 1 fully saturated rings. The van der Waals surface area contributed by atoms with Gasteiger partial charge in [0, 0.05) is 16.7 Å². The summed E-state index contributed by atoms with van der Waals surface area (Å²) in [5.74, 6) is -1.03. The normalized spacial score (nSPS) is 20.3. The molecule has 1 unspecified atom stereocenters. The summed E-state index contributed by atoms with van der Waals surface area (Å²) < 4.78 is 60.8. The Hall–Kier alpha value is -2.88. The lowest BCUT2D eigenvalue weighted by atomic mass is 9.70. The molecule has 5 rings (SSSR count). The van der Waals surface area contributed by atoms with Crippen LogP contribution < -0.4 is 0 Å². The lowest BCUT2D eigenvalue weighted by Gasteiger charge is -2.35. The first kappa shape index (κ1) is 33.5. The van der Waals surface area contributed by atoms with Crippen molar-refractivity contribution in [1.82, 2.24) is 0 Å². The molecule has 0 nitrogen and oxygen atoms in total.